The summed E-state index contributed by atoms with van der Waals surface area (Å²) in [5, 5.41) is 8.49. The van der Waals surface area contributed by atoms with Gasteiger partial charge in [-0.3, -0.25) is 15.6 Å². The quantitative estimate of drug-likeness (QED) is 0.161. The van der Waals surface area contributed by atoms with Crippen molar-refractivity contribution < 1.29 is 23.1 Å². The second kappa shape index (κ2) is 13.3. The van der Waals surface area contributed by atoms with Gasteiger partial charge in [0.05, 0.1) is 11.3 Å². The highest BCUT2D eigenvalue weighted by molar-refractivity contribution is 6.74. The summed E-state index contributed by atoms with van der Waals surface area (Å²) in [7, 11) is -1.89. The van der Waals surface area contributed by atoms with Crippen LogP contribution < -0.4 is 16.0 Å². The molecule has 0 aliphatic carbocycles. The third-order valence-electron chi connectivity index (χ3n) is 8.78. The number of piperazine rings is 1. The van der Waals surface area contributed by atoms with Crippen molar-refractivity contribution in [2.24, 2.45) is 0 Å². The van der Waals surface area contributed by atoms with Crippen molar-refractivity contribution in [3.63, 3.8) is 0 Å². The lowest BCUT2D eigenvalue weighted by Gasteiger charge is -2.42. The highest BCUT2D eigenvalue weighted by Gasteiger charge is 2.50. The molecule has 2 aromatic heterocycles. The highest BCUT2D eigenvalue weighted by atomic mass is 35.5. The number of pyridine rings is 2. The van der Waals surface area contributed by atoms with Crippen molar-refractivity contribution in [3.8, 4) is 0 Å². The predicted molar refractivity (Wildman–Crippen MR) is 172 cm³/mol. The van der Waals surface area contributed by atoms with Gasteiger partial charge in [-0.25, -0.2) is 19.0 Å². The Morgan fingerprint density at radius 3 is 2.68 bits per heavy atom. The van der Waals surface area contributed by atoms with Crippen LogP contribution in [0.1, 0.15) is 82.7 Å². The summed E-state index contributed by atoms with van der Waals surface area (Å²) in [6.45, 7) is 19.1. The zero-order valence-electron chi connectivity index (χ0n) is 27.1. The Morgan fingerprint density at radius 1 is 1.30 bits per heavy atom. The molecule has 4 heterocycles. The summed E-state index contributed by atoms with van der Waals surface area (Å²) in [4.78, 5) is 37.5. The Kier molecular flexibility index (Phi) is 10.3. The first-order valence-electron chi connectivity index (χ1n) is 15.3. The van der Waals surface area contributed by atoms with Crippen LogP contribution in [0, 0.1) is 5.82 Å². The van der Waals surface area contributed by atoms with Gasteiger partial charge >= 0.3 is 12.1 Å². The number of anilines is 1. The first-order chi connectivity index (χ1) is 20.6. The fourth-order valence-electron chi connectivity index (χ4n) is 5.35. The van der Waals surface area contributed by atoms with Crippen molar-refractivity contribution in [3.05, 3.63) is 51.7 Å². The molecule has 0 radical (unpaired) electrons. The number of unbranched alkanes of at least 4 members (excludes halogenated alkanes) is 1. The molecular weight excluding hydrogens is 603 g/mol. The number of carbonyl (C=O) groups excluding carboxylic acids is 2. The molecule has 2 aliphatic heterocycles. The number of halogens is 2. The highest BCUT2D eigenvalue weighted by Crippen LogP contribution is 2.44. The number of ether oxygens (including phenoxy) is 1. The number of rotatable bonds is 9. The lowest BCUT2D eigenvalue weighted by atomic mass is 9.84. The molecule has 1 fully saturated rings. The molecule has 2 unspecified atom stereocenters. The van der Waals surface area contributed by atoms with Gasteiger partial charge in [0, 0.05) is 44.0 Å². The molecule has 10 nitrogen and oxygen atoms in total. The van der Waals surface area contributed by atoms with Crippen molar-refractivity contribution in [2.45, 2.75) is 96.6 Å². The van der Waals surface area contributed by atoms with Crippen molar-refractivity contribution >= 4 is 37.9 Å². The van der Waals surface area contributed by atoms with E-state index in [1.165, 1.54) is 6.07 Å². The molecule has 0 spiro atoms. The Morgan fingerprint density at radius 2 is 2.02 bits per heavy atom. The largest absolute Gasteiger partial charge is 0.417 e. The van der Waals surface area contributed by atoms with Crippen molar-refractivity contribution in [1.29, 1.82) is 0 Å². The van der Waals surface area contributed by atoms with Gasteiger partial charge in [-0.2, -0.15) is 0 Å². The van der Waals surface area contributed by atoms with Gasteiger partial charge < -0.3 is 19.4 Å². The van der Waals surface area contributed by atoms with Crippen LogP contribution in [-0.2, 0) is 21.3 Å². The summed E-state index contributed by atoms with van der Waals surface area (Å²) < 4.78 is 27.9. The first-order valence-corrected chi connectivity index (χ1v) is 18.6. The number of amides is 3. The third kappa shape index (κ3) is 7.19. The van der Waals surface area contributed by atoms with Crippen LogP contribution >= 0.6 is 11.6 Å². The summed E-state index contributed by atoms with van der Waals surface area (Å²) in [6.07, 6.45) is 3.25. The molecule has 1 saturated heterocycles. The number of nitrogens with one attached hydrogen (secondary N) is 3. The van der Waals surface area contributed by atoms with Gasteiger partial charge in [-0.15, -0.1) is 0 Å². The molecule has 2 aliphatic rings. The molecule has 4 rings (SSSR count). The van der Waals surface area contributed by atoms with E-state index in [2.05, 4.69) is 59.8 Å². The zero-order valence-corrected chi connectivity index (χ0v) is 28.8. The summed E-state index contributed by atoms with van der Waals surface area (Å²) in [6, 6.07) is 2.42. The second-order valence-electron chi connectivity index (χ2n) is 13.5. The normalized spacial score (nSPS) is 20.7. The summed E-state index contributed by atoms with van der Waals surface area (Å²) in [5.41, 5.74) is 0.151. The zero-order chi connectivity index (χ0) is 32.4. The Labute approximate surface area is 266 Å². The molecule has 0 bridgehead atoms. The molecule has 2 atom stereocenters. The Balaban J connectivity index is 1.79. The SMILES string of the molecule is CC1CN(C(=O)OC2(c3c(CCCCO[Si](C)(C)C(C)(C)C)ccnc3C(C)C)NC(=O)Nc3nc(Cl)c(F)cc32)CCN1. The number of hydrogen-bond donors (Lipinski definition) is 3. The smallest absolute Gasteiger partial charge is 0.412 e. The summed E-state index contributed by atoms with van der Waals surface area (Å²) >= 11 is 6.05. The standard InChI is InChI=1S/C31H46ClFN6O4Si/c1-19(2)25-24(21(12-13-35-25)11-9-10-16-42-44(7,8)30(4,5)6)31(43-29(41)39-15-14-34-20(3)18-39)22-17-23(33)26(32)36-27(22)37-28(40)38-31/h12-13,17,19-20,34H,9-11,14-16,18H2,1-8H3,(H2,36,37,38,40). The lowest BCUT2D eigenvalue weighted by molar-refractivity contribution is -0.00687. The maximum absolute atomic E-state index is 15.1. The van der Waals surface area contributed by atoms with Gasteiger partial charge in [0.2, 0.25) is 5.72 Å². The fourth-order valence-corrected chi connectivity index (χ4v) is 6.58. The van der Waals surface area contributed by atoms with Crippen LogP contribution in [0.25, 0.3) is 0 Å². The predicted octanol–water partition coefficient (Wildman–Crippen LogP) is 6.50. The van der Waals surface area contributed by atoms with Crippen LogP contribution in [0.5, 0.6) is 0 Å². The average molecular weight is 649 g/mol. The Bertz CT molecular complexity index is 1390. The molecule has 3 N–H and O–H groups in total. The van der Waals surface area contributed by atoms with E-state index >= 15 is 4.39 Å². The van der Waals surface area contributed by atoms with Crippen LogP contribution in [0.3, 0.4) is 0 Å². The molecular formula is C31H46ClFN6O4Si. The van der Waals surface area contributed by atoms with Crippen LogP contribution in [-0.4, -0.2) is 67.6 Å². The van der Waals surface area contributed by atoms with Crippen molar-refractivity contribution in [1.82, 2.24) is 25.5 Å². The minimum absolute atomic E-state index is 0.00825. The molecule has 0 aromatic carbocycles. The van der Waals surface area contributed by atoms with E-state index in [9.17, 15) is 9.59 Å². The van der Waals surface area contributed by atoms with E-state index in [1.54, 1.807) is 11.1 Å². The summed E-state index contributed by atoms with van der Waals surface area (Å²) in [5.74, 6) is -0.921. The third-order valence-corrected chi connectivity index (χ3v) is 13.6. The van der Waals surface area contributed by atoms with E-state index in [4.69, 9.17) is 20.8 Å². The number of urea groups is 1. The maximum atomic E-state index is 15.1. The number of hydrogen-bond acceptors (Lipinski definition) is 7. The molecule has 242 valence electrons. The van der Waals surface area contributed by atoms with Crippen molar-refractivity contribution in [2.75, 3.05) is 31.6 Å². The van der Waals surface area contributed by atoms with Gasteiger partial charge in [0.25, 0.3) is 0 Å². The minimum atomic E-state index is -1.91. The lowest BCUT2D eigenvalue weighted by Crippen LogP contribution is -2.59. The van der Waals surface area contributed by atoms with E-state index in [1.807, 2.05) is 26.8 Å². The molecule has 3 amide bonds. The topological polar surface area (TPSA) is 118 Å². The molecule has 13 heteroatoms. The van der Waals surface area contributed by atoms with Crippen LogP contribution in [0.2, 0.25) is 23.3 Å². The molecule has 2 aromatic rings. The van der Waals surface area contributed by atoms with E-state index in [0.717, 1.165) is 18.4 Å². The molecule has 0 saturated carbocycles. The average Bonchev–Trinajstić information content (AvgIpc) is 2.93. The monoisotopic (exact) mass is 648 g/mol. The minimum Gasteiger partial charge on any atom is -0.417 e. The number of fused-ring (bicyclic) bond motifs is 1. The number of nitrogens with zero attached hydrogens (tertiary/aromatic N) is 3. The first kappa shape index (κ1) is 34.1. The van der Waals surface area contributed by atoms with Gasteiger partial charge in [-0.1, -0.05) is 46.2 Å². The maximum Gasteiger partial charge on any atom is 0.412 e. The Hall–Kier alpha value is -2.80. The molecule has 44 heavy (non-hydrogen) atoms. The van der Waals surface area contributed by atoms with E-state index in [0.29, 0.717) is 43.9 Å². The van der Waals surface area contributed by atoms with E-state index < -0.39 is 37.1 Å². The van der Waals surface area contributed by atoms with Gasteiger partial charge in [0.1, 0.15) is 5.82 Å². The second-order valence-corrected chi connectivity index (χ2v) is 18.7. The van der Waals surface area contributed by atoms with E-state index in [-0.39, 0.29) is 28.4 Å². The number of carbonyl (C=O) groups is 2. The fraction of sp³-hybridized carbons (Fsp3) is 0.613. The van der Waals surface area contributed by atoms with Gasteiger partial charge in [0.15, 0.2) is 19.3 Å². The van der Waals surface area contributed by atoms with Crippen LogP contribution in [0.15, 0.2) is 18.3 Å². The van der Waals surface area contributed by atoms with Gasteiger partial charge in [-0.05, 0) is 67.9 Å². The number of aryl methyl sites for hydroxylation is 1. The van der Waals surface area contributed by atoms with Crippen LogP contribution in [0.4, 0.5) is 19.8 Å². The number of aromatic nitrogens is 2.